The zero-order valence-corrected chi connectivity index (χ0v) is 11.2. The van der Waals surface area contributed by atoms with Crippen molar-refractivity contribution in [3.8, 4) is 0 Å². The number of nitrogens with zero attached hydrogens (tertiary/aromatic N) is 3. The number of hydrogen-bond acceptors (Lipinski definition) is 4. The molecule has 0 unspecified atom stereocenters. The van der Waals surface area contributed by atoms with Crippen molar-refractivity contribution in [2.75, 3.05) is 0 Å². The van der Waals surface area contributed by atoms with Gasteiger partial charge in [-0.15, -0.1) is 0 Å². The van der Waals surface area contributed by atoms with Crippen LogP contribution in [0.25, 0.3) is 11.0 Å². The third-order valence-corrected chi connectivity index (χ3v) is 2.60. The summed E-state index contributed by atoms with van der Waals surface area (Å²) in [4.78, 5) is 19.7. The van der Waals surface area contributed by atoms with E-state index in [1.165, 1.54) is 0 Å². The van der Waals surface area contributed by atoms with Crippen LogP contribution in [-0.4, -0.2) is 20.5 Å². The zero-order valence-electron chi connectivity index (χ0n) is 10.5. The maximum atomic E-state index is 11.7. The van der Waals surface area contributed by atoms with Gasteiger partial charge in [-0.1, -0.05) is 0 Å². The Morgan fingerprint density at radius 1 is 1.50 bits per heavy atom. The van der Waals surface area contributed by atoms with Crippen molar-refractivity contribution < 1.29 is 9.53 Å². The minimum Gasteiger partial charge on any atom is -0.443 e. The number of carbonyl (C=O) groups excluding carboxylic acids is 1. The molecule has 18 heavy (non-hydrogen) atoms. The van der Waals surface area contributed by atoms with Gasteiger partial charge in [-0.3, -0.25) is 9.36 Å². The van der Waals surface area contributed by atoms with E-state index < -0.39 is 5.41 Å². The van der Waals surface area contributed by atoms with Crippen molar-refractivity contribution in [2.45, 2.75) is 27.5 Å². The standard InChI is InChI=1S/C12H14ClN3O2/c1-12(2,3)10(17)18-7-16-5-4-8-6-14-11(13)15-9(8)16/h4-6H,7H2,1-3H3. The van der Waals surface area contributed by atoms with Crippen molar-refractivity contribution in [1.29, 1.82) is 0 Å². The van der Waals surface area contributed by atoms with E-state index in [0.29, 0.717) is 5.65 Å². The highest BCUT2D eigenvalue weighted by molar-refractivity contribution is 6.28. The molecule has 2 heterocycles. The van der Waals surface area contributed by atoms with Crippen LogP contribution < -0.4 is 0 Å². The molecule has 0 bridgehead atoms. The lowest BCUT2D eigenvalue weighted by atomic mass is 9.98. The molecule has 0 saturated heterocycles. The summed E-state index contributed by atoms with van der Waals surface area (Å²) in [6, 6.07) is 1.84. The fourth-order valence-electron chi connectivity index (χ4n) is 1.40. The number of halogens is 1. The van der Waals surface area contributed by atoms with Gasteiger partial charge in [-0.05, 0) is 38.4 Å². The Bertz CT molecular complexity index is 587. The first-order chi connectivity index (χ1) is 8.38. The van der Waals surface area contributed by atoms with Crippen molar-refractivity contribution in [2.24, 2.45) is 5.41 Å². The van der Waals surface area contributed by atoms with Crippen LogP contribution in [0.2, 0.25) is 5.28 Å². The summed E-state index contributed by atoms with van der Waals surface area (Å²) in [7, 11) is 0. The Morgan fingerprint density at radius 3 is 2.89 bits per heavy atom. The van der Waals surface area contributed by atoms with E-state index in [0.717, 1.165) is 5.39 Å². The van der Waals surface area contributed by atoms with E-state index in [2.05, 4.69) is 9.97 Å². The summed E-state index contributed by atoms with van der Waals surface area (Å²) in [5, 5.41) is 1.02. The molecular formula is C12H14ClN3O2. The molecule has 0 saturated carbocycles. The minimum atomic E-state index is -0.518. The monoisotopic (exact) mass is 267 g/mol. The SMILES string of the molecule is CC(C)(C)C(=O)OCn1ccc2cnc(Cl)nc21. The fourth-order valence-corrected chi connectivity index (χ4v) is 1.53. The van der Waals surface area contributed by atoms with Crippen LogP contribution in [0.5, 0.6) is 0 Å². The van der Waals surface area contributed by atoms with Crippen LogP contribution in [0.1, 0.15) is 20.8 Å². The highest BCUT2D eigenvalue weighted by atomic mass is 35.5. The van der Waals surface area contributed by atoms with Gasteiger partial charge in [-0.2, -0.15) is 4.98 Å². The number of esters is 1. The van der Waals surface area contributed by atoms with Crippen molar-refractivity contribution >= 4 is 28.6 Å². The van der Waals surface area contributed by atoms with Crippen molar-refractivity contribution in [3.63, 3.8) is 0 Å². The zero-order chi connectivity index (χ0) is 13.3. The number of aromatic nitrogens is 3. The van der Waals surface area contributed by atoms with Gasteiger partial charge in [-0.25, -0.2) is 4.98 Å². The Kier molecular flexibility index (Phi) is 3.26. The van der Waals surface area contributed by atoms with E-state index in [4.69, 9.17) is 16.3 Å². The number of ether oxygens (including phenoxy) is 1. The Labute approximate surface area is 110 Å². The molecule has 2 aromatic heterocycles. The molecule has 6 heteroatoms. The quantitative estimate of drug-likeness (QED) is 0.620. The second-order valence-corrected chi connectivity index (χ2v) is 5.35. The molecule has 0 aliphatic rings. The number of carbonyl (C=O) groups is 1. The lowest BCUT2D eigenvalue weighted by Gasteiger charge is -2.16. The van der Waals surface area contributed by atoms with Crippen molar-refractivity contribution in [3.05, 3.63) is 23.7 Å². The van der Waals surface area contributed by atoms with Gasteiger partial charge >= 0.3 is 5.97 Å². The average molecular weight is 268 g/mol. The third-order valence-electron chi connectivity index (χ3n) is 2.42. The molecule has 2 aromatic rings. The highest BCUT2D eigenvalue weighted by Crippen LogP contribution is 2.18. The Balaban J connectivity index is 2.18. The summed E-state index contributed by atoms with van der Waals surface area (Å²) in [6.07, 6.45) is 3.42. The minimum absolute atomic E-state index is 0.118. The normalized spacial score (nSPS) is 11.8. The topological polar surface area (TPSA) is 57.0 Å². The molecule has 0 atom stereocenters. The molecule has 0 aliphatic carbocycles. The predicted octanol–water partition coefficient (Wildman–Crippen LogP) is 2.63. The van der Waals surface area contributed by atoms with Gasteiger partial charge in [0, 0.05) is 17.8 Å². The maximum Gasteiger partial charge on any atom is 0.312 e. The number of hydrogen-bond donors (Lipinski definition) is 0. The molecule has 0 fully saturated rings. The van der Waals surface area contributed by atoms with Gasteiger partial charge in [0.15, 0.2) is 6.73 Å². The summed E-state index contributed by atoms with van der Waals surface area (Å²) in [6.45, 7) is 5.54. The van der Waals surface area contributed by atoms with E-state index in [1.54, 1.807) is 17.0 Å². The predicted molar refractivity (Wildman–Crippen MR) is 68.1 cm³/mol. The van der Waals surface area contributed by atoms with E-state index in [9.17, 15) is 4.79 Å². The van der Waals surface area contributed by atoms with Gasteiger partial charge in [0.05, 0.1) is 5.41 Å². The van der Waals surface area contributed by atoms with Crippen molar-refractivity contribution in [1.82, 2.24) is 14.5 Å². The highest BCUT2D eigenvalue weighted by Gasteiger charge is 2.23. The molecule has 0 N–H and O–H groups in total. The number of rotatable bonds is 2. The van der Waals surface area contributed by atoms with Crippen LogP contribution in [-0.2, 0) is 16.3 Å². The summed E-state index contributed by atoms with van der Waals surface area (Å²) >= 11 is 5.74. The molecular weight excluding hydrogens is 254 g/mol. The lowest BCUT2D eigenvalue weighted by molar-refractivity contribution is -0.156. The first-order valence-corrected chi connectivity index (χ1v) is 5.90. The van der Waals surface area contributed by atoms with Crippen LogP contribution in [0.15, 0.2) is 18.5 Å². The molecule has 0 amide bonds. The van der Waals surface area contributed by atoms with Crippen LogP contribution >= 0.6 is 11.6 Å². The summed E-state index contributed by atoms with van der Waals surface area (Å²) < 4.78 is 6.93. The van der Waals surface area contributed by atoms with E-state index in [1.807, 2.05) is 26.8 Å². The molecule has 96 valence electrons. The molecule has 5 nitrogen and oxygen atoms in total. The Hall–Kier alpha value is -1.62. The van der Waals surface area contributed by atoms with E-state index >= 15 is 0 Å². The number of fused-ring (bicyclic) bond motifs is 1. The van der Waals surface area contributed by atoms with Crippen LogP contribution in [0.4, 0.5) is 0 Å². The smallest absolute Gasteiger partial charge is 0.312 e. The molecule has 0 spiro atoms. The summed E-state index contributed by atoms with van der Waals surface area (Å²) in [5.41, 5.74) is 0.131. The van der Waals surface area contributed by atoms with Crippen LogP contribution in [0, 0.1) is 5.41 Å². The molecule has 0 aliphatic heterocycles. The fraction of sp³-hybridized carbons (Fsp3) is 0.417. The van der Waals surface area contributed by atoms with E-state index in [-0.39, 0.29) is 18.0 Å². The second kappa shape index (κ2) is 4.57. The lowest BCUT2D eigenvalue weighted by Crippen LogP contribution is -2.23. The largest absolute Gasteiger partial charge is 0.443 e. The van der Waals surface area contributed by atoms with Gasteiger partial charge in [0.1, 0.15) is 5.65 Å². The second-order valence-electron chi connectivity index (χ2n) is 5.01. The van der Waals surface area contributed by atoms with Crippen LogP contribution in [0.3, 0.4) is 0 Å². The molecule has 2 rings (SSSR count). The van der Waals surface area contributed by atoms with Gasteiger partial charge in [0.25, 0.3) is 0 Å². The molecule has 0 aromatic carbocycles. The average Bonchev–Trinajstić information content (AvgIpc) is 2.67. The Morgan fingerprint density at radius 2 is 2.22 bits per heavy atom. The van der Waals surface area contributed by atoms with Gasteiger partial charge in [0.2, 0.25) is 5.28 Å². The van der Waals surface area contributed by atoms with Gasteiger partial charge < -0.3 is 4.74 Å². The molecule has 0 radical (unpaired) electrons. The first kappa shape index (κ1) is 12.8. The summed E-state index contributed by atoms with van der Waals surface area (Å²) in [5.74, 6) is -0.260. The first-order valence-electron chi connectivity index (χ1n) is 5.52. The third kappa shape index (κ3) is 2.61. The maximum absolute atomic E-state index is 11.7.